The molecule has 0 radical (unpaired) electrons. The second-order valence-electron chi connectivity index (χ2n) is 6.16. The van der Waals surface area contributed by atoms with Crippen LogP contribution < -0.4 is 0 Å². The molecule has 0 bridgehead atoms. The third-order valence-electron chi connectivity index (χ3n) is 4.30. The summed E-state index contributed by atoms with van der Waals surface area (Å²) in [5, 5.41) is 14.5. The van der Waals surface area contributed by atoms with Crippen LogP contribution in [-0.4, -0.2) is 39.1 Å². The molecule has 2 aromatic carbocycles. The number of thioether (sulfide) groups is 1. The van der Waals surface area contributed by atoms with E-state index in [1.165, 1.54) is 16.8 Å². The SMILES string of the molecule is Cc1ccccc1-c1nnc(SCC(=O)N2CCC(c3ccccc3)=N2)o1. The average molecular weight is 378 g/mol. The van der Waals surface area contributed by atoms with Crippen molar-refractivity contribution in [2.24, 2.45) is 5.10 Å². The minimum atomic E-state index is -0.0680. The average Bonchev–Trinajstić information content (AvgIpc) is 3.37. The number of amides is 1. The van der Waals surface area contributed by atoms with Crippen molar-refractivity contribution >= 4 is 23.4 Å². The van der Waals surface area contributed by atoms with Gasteiger partial charge in [-0.3, -0.25) is 4.79 Å². The minimum absolute atomic E-state index is 0.0680. The van der Waals surface area contributed by atoms with E-state index in [-0.39, 0.29) is 11.7 Å². The van der Waals surface area contributed by atoms with Gasteiger partial charge in [-0.15, -0.1) is 10.2 Å². The van der Waals surface area contributed by atoms with Gasteiger partial charge in [-0.25, -0.2) is 5.01 Å². The Balaban J connectivity index is 1.38. The van der Waals surface area contributed by atoms with Crippen molar-refractivity contribution in [1.29, 1.82) is 0 Å². The molecule has 0 aliphatic carbocycles. The van der Waals surface area contributed by atoms with E-state index in [0.717, 1.165) is 28.8 Å². The van der Waals surface area contributed by atoms with Crippen molar-refractivity contribution in [2.75, 3.05) is 12.3 Å². The molecule has 0 N–H and O–H groups in total. The van der Waals surface area contributed by atoms with E-state index >= 15 is 0 Å². The number of hydrazone groups is 1. The summed E-state index contributed by atoms with van der Waals surface area (Å²) < 4.78 is 5.69. The summed E-state index contributed by atoms with van der Waals surface area (Å²) in [6.07, 6.45) is 0.762. The van der Waals surface area contributed by atoms with Crippen molar-refractivity contribution in [3.05, 3.63) is 65.7 Å². The number of nitrogens with zero attached hydrogens (tertiary/aromatic N) is 4. The fourth-order valence-electron chi connectivity index (χ4n) is 2.86. The second-order valence-corrected chi connectivity index (χ2v) is 7.08. The predicted molar refractivity (Wildman–Crippen MR) is 105 cm³/mol. The van der Waals surface area contributed by atoms with Gasteiger partial charge >= 0.3 is 0 Å². The van der Waals surface area contributed by atoms with E-state index in [9.17, 15) is 4.79 Å². The zero-order chi connectivity index (χ0) is 18.6. The lowest BCUT2D eigenvalue weighted by Crippen LogP contribution is -2.25. The Morgan fingerprint density at radius 2 is 1.89 bits per heavy atom. The minimum Gasteiger partial charge on any atom is -0.411 e. The van der Waals surface area contributed by atoms with Crippen molar-refractivity contribution in [3.63, 3.8) is 0 Å². The van der Waals surface area contributed by atoms with Gasteiger partial charge in [0.25, 0.3) is 11.1 Å². The van der Waals surface area contributed by atoms with Gasteiger partial charge in [0, 0.05) is 12.0 Å². The molecule has 2 heterocycles. The molecule has 27 heavy (non-hydrogen) atoms. The molecule has 0 spiro atoms. The molecule has 1 amide bonds. The Labute approximate surface area is 161 Å². The fraction of sp³-hybridized carbons (Fsp3) is 0.200. The quantitative estimate of drug-likeness (QED) is 0.632. The zero-order valence-corrected chi connectivity index (χ0v) is 15.6. The highest BCUT2D eigenvalue weighted by Crippen LogP contribution is 2.26. The topological polar surface area (TPSA) is 71.6 Å². The molecule has 136 valence electrons. The number of aromatic nitrogens is 2. The van der Waals surface area contributed by atoms with Gasteiger partial charge in [0.15, 0.2) is 0 Å². The number of hydrogen-bond donors (Lipinski definition) is 0. The van der Waals surface area contributed by atoms with Crippen LogP contribution in [0, 0.1) is 6.92 Å². The summed E-state index contributed by atoms with van der Waals surface area (Å²) >= 11 is 1.23. The van der Waals surface area contributed by atoms with E-state index < -0.39 is 0 Å². The Bertz CT molecular complexity index is 984. The summed E-state index contributed by atoms with van der Waals surface area (Å²) in [6, 6.07) is 17.7. The third kappa shape index (κ3) is 3.93. The monoisotopic (exact) mass is 378 g/mol. The first-order valence-corrected chi connectivity index (χ1v) is 9.65. The number of rotatable bonds is 5. The molecule has 0 unspecified atom stereocenters. The molecular formula is C20H18N4O2S. The van der Waals surface area contributed by atoms with Crippen LogP contribution in [0.2, 0.25) is 0 Å². The van der Waals surface area contributed by atoms with Crippen LogP contribution in [0.25, 0.3) is 11.5 Å². The van der Waals surface area contributed by atoms with E-state index in [1.54, 1.807) is 0 Å². The van der Waals surface area contributed by atoms with E-state index in [4.69, 9.17) is 4.42 Å². The van der Waals surface area contributed by atoms with Gasteiger partial charge in [-0.2, -0.15) is 5.10 Å². The molecule has 0 atom stereocenters. The molecule has 0 saturated carbocycles. The number of hydrogen-bond acceptors (Lipinski definition) is 6. The summed E-state index contributed by atoms with van der Waals surface area (Å²) in [6.45, 7) is 2.59. The first-order chi connectivity index (χ1) is 13.2. The van der Waals surface area contributed by atoms with Gasteiger partial charge in [0.1, 0.15) is 0 Å². The van der Waals surface area contributed by atoms with Gasteiger partial charge < -0.3 is 4.42 Å². The van der Waals surface area contributed by atoms with Crippen molar-refractivity contribution < 1.29 is 9.21 Å². The van der Waals surface area contributed by atoms with Gasteiger partial charge in [-0.05, 0) is 24.1 Å². The highest BCUT2D eigenvalue weighted by Gasteiger charge is 2.22. The van der Waals surface area contributed by atoms with E-state index in [0.29, 0.717) is 17.7 Å². The normalized spacial score (nSPS) is 13.7. The largest absolute Gasteiger partial charge is 0.411 e. The molecule has 3 aromatic rings. The maximum Gasteiger partial charge on any atom is 0.277 e. The van der Waals surface area contributed by atoms with Crippen LogP contribution in [0.15, 0.2) is 69.3 Å². The van der Waals surface area contributed by atoms with Crippen LogP contribution in [-0.2, 0) is 4.79 Å². The first kappa shape index (κ1) is 17.5. The third-order valence-corrected chi connectivity index (χ3v) is 5.10. The molecule has 1 aliphatic heterocycles. The Morgan fingerprint density at radius 3 is 2.70 bits per heavy atom. The molecule has 1 aliphatic rings. The maximum atomic E-state index is 12.4. The molecular weight excluding hydrogens is 360 g/mol. The highest BCUT2D eigenvalue weighted by molar-refractivity contribution is 7.99. The molecule has 7 heteroatoms. The van der Waals surface area contributed by atoms with E-state index in [2.05, 4.69) is 15.3 Å². The second kappa shape index (κ2) is 7.75. The molecule has 1 aromatic heterocycles. The highest BCUT2D eigenvalue weighted by atomic mass is 32.2. The summed E-state index contributed by atoms with van der Waals surface area (Å²) in [7, 11) is 0. The van der Waals surface area contributed by atoms with Crippen LogP contribution in [0.5, 0.6) is 0 Å². The van der Waals surface area contributed by atoms with Crippen LogP contribution in [0.1, 0.15) is 17.5 Å². The Kier molecular flexibility index (Phi) is 5.02. The lowest BCUT2D eigenvalue weighted by atomic mass is 10.1. The number of carbonyl (C=O) groups excluding carboxylic acids is 1. The number of carbonyl (C=O) groups is 1. The summed E-state index contributed by atoms with van der Waals surface area (Å²) in [5.41, 5.74) is 3.96. The van der Waals surface area contributed by atoms with Crippen molar-refractivity contribution in [1.82, 2.24) is 15.2 Å². The smallest absolute Gasteiger partial charge is 0.277 e. The molecule has 4 rings (SSSR count). The molecule has 0 fully saturated rings. The predicted octanol–water partition coefficient (Wildman–Crippen LogP) is 3.77. The Morgan fingerprint density at radius 1 is 1.11 bits per heavy atom. The van der Waals surface area contributed by atoms with Crippen molar-refractivity contribution in [2.45, 2.75) is 18.6 Å². The van der Waals surface area contributed by atoms with Gasteiger partial charge in [0.2, 0.25) is 5.89 Å². The fourth-order valence-corrected chi connectivity index (χ4v) is 3.49. The first-order valence-electron chi connectivity index (χ1n) is 8.66. The number of benzene rings is 2. The van der Waals surface area contributed by atoms with E-state index in [1.807, 2.05) is 61.5 Å². The Hall–Kier alpha value is -2.93. The van der Waals surface area contributed by atoms with Crippen molar-refractivity contribution in [3.8, 4) is 11.5 Å². The maximum absolute atomic E-state index is 12.4. The summed E-state index contributed by atoms with van der Waals surface area (Å²) in [4.78, 5) is 12.4. The van der Waals surface area contributed by atoms with Gasteiger partial charge in [0.05, 0.1) is 18.0 Å². The molecule has 0 saturated heterocycles. The zero-order valence-electron chi connectivity index (χ0n) is 14.8. The summed E-state index contributed by atoms with van der Waals surface area (Å²) in [5.74, 6) is 0.608. The van der Waals surface area contributed by atoms with Gasteiger partial charge in [-0.1, -0.05) is 60.3 Å². The lowest BCUT2D eigenvalue weighted by Gasteiger charge is -2.09. The standard InChI is InChI=1S/C20H18N4O2S/c1-14-7-5-6-10-16(14)19-21-22-20(26-19)27-13-18(25)24-12-11-17(23-24)15-8-3-2-4-9-15/h2-10H,11-13H2,1H3. The van der Waals surface area contributed by atoms with Crippen LogP contribution in [0.3, 0.4) is 0 Å². The van der Waals surface area contributed by atoms with Crippen LogP contribution >= 0.6 is 11.8 Å². The van der Waals surface area contributed by atoms with Crippen LogP contribution in [0.4, 0.5) is 0 Å². The molecule has 6 nitrogen and oxygen atoms in total. The number of aryl methyl sites for hydroxylation is 1. The lowest BCUT2D eigenvalue weighted by molar-refractivity contribution is -0.127.